The van der Waals surface area contributed by atoms with Crippen LogP contribution in [0.5, 0.6) is 5.75 Å². The third kappa shape index (κ3) is 5.14. The zero-order valence-corrected chi connectivity index (χ0v) is 19.8. The summed E-state index contributed by atoms with van der Waals surface area (Å²) in [5.41, 5.74) is 3.64. The monoisotopic (exact) mass is 465 g/mol. The molecule has 2 aromatic rings. The first kappa shape index (κ1) is 23.4. The second-order valence-electron chi connectivity index (χ2n) is 7.67. The molecule has 1 atom stereocenters. The Hall–Kier alpha value is -2.29. The number of carbonyl (C=O) groups excluding carboxylic acids is 1. The van der Waals surface area contributed by atoms with Crippen LogP contribution in [0.1, 0.15) is 18.1 Å². The van der Waals surface area contributed by atoms with Crippen molar-refractivity contribution < 1.29 is 17.9 Å². The van der Waals surface area contributed by atoms with Crippen LogP contribution in [0.15, 0.2) is 41.3 Å². The minimum Gasteiger partial charge on any atom is -0.495 e. The van der Waals surface area contributed by atoms with Crippen LogP contribution in [0.3, 0.4) is 0 Å². The number of aryl methyl sites for hydroxylation is 1. The highest BCUT2D eigenvalue weighted by Crippen LogP contribution is 2.27. The standard InChI is InChI=1S/C22H28ClN3O4S/c1-15-6-5-7-19(16(15)2)25-10-12-26(13-11-25)22(27)17(3)24-31(28,29)21-14-18(23)8-9-20(21)30-4/h5-9,14,17,24H,10-13H2,1-4H3/t17-/m0/s1. The molecule has 1 heterocycles. The zero-order valence-electron chi connectivity index (χ0n) is 18.2. The first-order valence-electron chi connectivity index (χ1n) is 10.1. The fourth-order valence-corrected chi connectivity index (χ4v) is 5.36. The average molecular weight is 466 g/mol. The lowest BCUT2D eigenvalue weighted by molar-refractivity contribution is -0.132. The van der Waals surface area contributed by atoms with Crippen LogP contribution < -0.4 is 14.4 Å². The summed E-state index contributed by atoms with van der Waals surface area (Å²) in [5.74, 6) is -0.0936. The highest BCUT2D eigenvalue weighted by Gasteiger charge is 2.30. The van der Waals surface area contributed by atoms with E-state index in [-0.39, 0.29) is 21.6 Å². The lowest BCUT2D eigenvalue weighted by Crippen LogP contribution is -2.54. The van der Waals surface area contributed by atoms with Gasteiger partial charge in [-0.05, 0) is 56.2 Å². The van der Waals surface area contributed by atoms with E-state index in [4.69, 9.17) is 16.3 Å². The summed E-state index contributed by atoms with van der Waals surface area (Å²) >= 11 is 5.96. The number of methoxy groups -OCH3 is 1. The van der Waals surface area contributed by atoms with Crippen LogP contribution in [-0.2, 0) is 14.8 Å². The van der Waals surface area contributed by atoms with Crippen molar-refractivity contribution in [2.45, 2.75) is 31.7 Å². The van der Waals surface area contributed by atoms with E-state index in [1.54, 1.807) is 17.9 Å². The molecule has 1 aliphatic rings. The number of amides is 1. The van der Waals surface area contributed by atoms with Gasteiger partial charge in [-0.2, -0.15) is 4.72 Å². The topological polar surface area (TPSA) is 78.9 Å². The molecule has 1 fully saturated rings. The summed E-state index contributed by atoms with van der Waals surface area (Å²) in [5, 5.41) is 0.266. The Morgan fingerprint density at radius 1 is 1.13 bits per heavy atom. The van der Waals surface area contributed by atoms with Gasteiger partial charge >= 0.3 is 0 Å². The fraction of sp³-hybridized carbons (Fsp3) is 0.409. The Kier molecular flexibility index (Phi) is 7.13. The molecule has 1 amide bonds. The quantitative estimate of drug-likeness (QED) is 0.709. The molecule has 9 heteroatoms. The van der Waals surface area contributed by atoms with Crippen LogP contribution in [0, 0.1) is 13.8 Å². The maximum absolute atomic E-state index is 12.9. The van der Waals surface area contributed by atoms with Gasteiger partial charge in [-0.25, -0.2) is 8.42 Å². The third-order valence-electron chi connectivity index (χ3n) is 5.63. The first-order valence-corrected chi connectivity index (χ1v) is 12.0. The van der Waals surface area contributed by atoms with Crippen LogP contribution in [-0.4, -0.2) is 58.6 Å². The largest absolute Gasteiger partial charge is 0.495 e. The molecule has 0 aromatic heterocycles. The molecule has 0 spiro atoms. The van der Waals surface area contributed by atoms with Crippen molar-refractivity contribution in [3.05, 3.63) is 52.5 Å². The van der Waals surface area contributed by atoms with E-state index in [0.29, 0.717) is 26.2 Å². The fourth-order valence-electron chi connectivity index (χ4n) is 3.73. The van der Waals surface area contributed by atoms with Gasteiger partial charge in [-0.3, -0.25) is 4.79 Å². The molecule has 1 aliphatic heterocycles. The van der Waals surface area contributed by atoms with Gasteiger partial charge in [0.05, 0.1) is 13.2 Å². The first-order chi connectivity index (χ1) is 14.6. The van der Waals surface area contributed by atoms with Gasteiger partial charge in [0.1, 0.15) is 10.6 Å². The summed E-state index contributed by atoms with van der Waals surface area (Å²) in [6.45, 7) is 8.17. The molecule has 1 saturated heterocycles. The number of nitrogens with zero attached hydrogens (tertiary/aromatic N) is 2. The number of benzene rings is 2. The van der Waals surface area contributed by atoms with E-state index in [2.05, 4.69) is 35.6 Å². The van der Waals surface area contributed by atoms with Crippen LogP contribution >= 0.6 is 11.6 Å². The maximum Gasteiger partial charge on any atom is 0.245 e. The molecule has 0 saturated carbocycles. The van der Waals surface area contributed by atoms with Gasteiger partial charge < -0.3 is 14.5 Å². The predicted octanol–water partition coefficient (Wildman–Crippen LogP) is 2.98. The van der Waals surface area contributed by atoms with Crippen molar-refractivity contribution in [3.8, 4) is 5.75 Å². The van der Waals surface area contributed by atoms with Crippen molar-refractivity contribution >= 4 is 33.2 Å². The van der Waals surface area contributed by atoms with Crippen molar-refractivity contribution in [3.63, 3.8) is 0 Å². The predicted molar refractivity (Wildman–Crippen MR) is 122 cm³/mol. The van der Waals surface area contributed by atoms with Gasteiger partial charge in [0.2, 0.25) is 15.9 Å². The van der Waals surface area contributed by atoms with Crippen molar-refractivity contribution in [2.24, 2.45) is 0 Å². The summed E-state index contributed by atoms with van der Waals surface area (Å²) in [6.07, 6.45) is 0. The second kappa shape index (κ2) is 9.46. The summed E-state index contributed by atoms with van der Waals surface area (Å²) in [6, 6.07) is 9.63. The number of hydrogen-bond donors (Lipinski definition) is 1. The summed E-state index contributed by atoms with van der Waals surface area (Å²) in [4.78, 5) is 16.8. The lowest BCUT2D eigenvalue weighted by Gasteiger charge is -2.38. The Bertz CT molecular complexity index is 1070. The third-order valence-corrected chi connectivity index (χ3v) is 7.42. The average Bonchev–Trinajstić information content (AvgIpc) is 2.75. The van der Waals surface area contributed by atoms with E-state index in [1.165, 1.54) is 36.1 Å². The number of halogens is 1. The Labute approximate surface area is 189 Å². The smallest absolute Gasteiger partial charge is 0.245 e. The van der Waals surface area contributed by atoms with Gasteiger partial charge in [0.25, 0.3) is 0 Å². The van der Waals surface area contributed by atoms with Crippen molar-refractivity contribution in [2.75, 3.05) is 38.2 Å². The molecule has 1 N–H and O–H groups in total. The van der Waals surface area contributed by atoms with E-state index in [1.807, 2.05) is 6.07 Å². The summed E-state index contributed by atoms with van der Waals surface area (Å²) in [7, 11) is -2.61. The van der Waals surface area contributed by atoms with Crippen molar-refractivity contribution in [1.29, 1.82) is 0 Å². The number of carbonyl (C=O) groups is 1. The molecule has 0 aliphatic carbocycles. The van der Waals surface area contributed by atoms with Crippen LogP contribution in [0.2, 0.25) is 5.02 Å². The lowest BCUT2D eigenvalue weighted by atomic mass is 10.1. The molecule has 168 valence electrons. The number of rotatable bonds is 6. The molecule has 3 rings (SSSR count). The van der Waals surface area contributed by atoms with Gasteiger partial charge in [0, 0.05) is 36.9 Å². The number of piperazine rings is 1. The highest BCUT2D eigenvalue weighted by atomic mass is 35.5. The van der Waals surface area contributed by atoms with E-state index in [9.17, 15) is 13.2 Å². The molecule has 0 unspecified atom stereocenters. The van der Waals surface area contributed by atoms with Crippen LogP contribution in [0.4, 0.5) is 5.69 Å². The van der Waals surface area contributed by atoms with E-state index >= 15 is 0 Å². The minimum absolute atomic E-state index is 0.0955. The Morgan fingerprint density at radius 3 is 2.45 bits per heavy atom. The Morgan fingerprint density at radius 2 is 1.81 bits per heavy atom. The maximum atomic E-state index is 12.9. The van der Waals surface area contributed by atoms with Crippen molar-refractivity contribution in [1.82, 2.24) is 9.62 Å². The normalized spacial score (nSPS) is 15.6. The number of anilines is 1. The molecule has 0 bridgehead atoms. The minimum atomic E-state index is -3.99. The zero-order chi connectivity index (χ0) is 22.8. The SMILES string of the molecule is COc1ccc(Cl)cc1S(=O)(=O)N[C@@H](C)C(=O)N1CCN(c2cccc(C)c2C)CC1. The van der Waals surface area contributed by atoms with E-state index in [0.717, 1.165) is 0 Å². The van der Waals surface area contributed by atoms with Gasteiger partial charge in [-0.1, -0.05) is 23.7 Å². The molecular formula is C22H28ClN3O4S. The molecule has 7 nitrogen and oxygen atoms in total. The second-order valence-corrected chi connectivity index (χ2v) is 9.79. The number of nitrogens with one attached hydrogen (secondary N) is 1. The number of hydrogen-bond acceptors (Lipinski definition) is 5. The van der Waals surface area contributed by atoms with Gasteiger partial charge in [-0.15, -0.1) is 0 Å². The number of ether oxygens (including phenoxy) is 1. The highest BCUT2D eigenvalue weighted by molar-refractivity contribution is 7.89. The van der Waals surface area contributed by atoms with E-state index < -0.39 is 16.1 Å². The van der Waals surface area contributed by atoms with Crippen LogP contribution in [0.25, 0.3) is 0 Å². The Balaban J connectivity index is 1.66. The summed E-state index contributed by atoms with van der Waals surface area (Å²) < 4.78 is 33.3. The van der Waals surface area contributed by atoms with Gasteiger partial charge in [0.15, 0.2) is 0 Å². The number of sulfonamides is 1. The molecule has 2 aromatic carbocycles. The molecule has 0 radical (unpaired) electrons. The molecular weight excluding hydrogens is 438 g/mol. The molecule has 31 heavy (non-hydrogen) atoms.